The van der Waals surface area contributed by atoms with Crippen molar-refractivity contribution in [1.29, 1.82) is 0 Å². The van der Waals surface area contributed by atoms with Crippen molar-refractivity contribution in [3.63, 3.8) is 0 Å². The molecule has 0 unspecified atom stereocenters. The molecule has 4 rings (SSSR count). The third kappa shape index (κ3) is 3.35. The Kier molecular flexibility index (Phi) is 4.79. The molecule has 2 aliphatic rings. The van der Waals surface area contributed by atoms with E-state index in [-0.39, 0.29) is 28.2 Å². The number of hydrogen-bond donors (Lipinski definition) is 2. The second-order valence-corrected chi connectivity index (χ2v) is 9.16. The zero-order valence-corrected chi connectivity index (χ0v) is 17.3. The number of H-pyrrole nitrogens is 1. The van der Waals surface area contributed by atoms with Crippen LogP contribution in [0.3, 0.4) is 0 Å². The number of methoxy groups -OCH3 is 1. The molecule has 2 aliphatic heterocycles. The molecule has 0 saturated carbocycles. The van der Waals surface area contributed by atoms with Crippen LogP contribution in [0.25, 0.3) is 0 Å². The van der Waals surface area contributed by atoms with Gasteiger partial charge in [-0.1, -0.05) is 17.8 Å². The van der Waals surface area contributed by atoms with Crippen molar-refractivity contribution in [1.82, 2.24) is 9.78 Å². The molecule has 2 N–H and O–H groups in total. The van der Waals surface area contributed by atoms with Gasteiger partial charge in [-0.25, -0.2) is 4.99 Å². The molecule has 8 heteroatoms. The standard InChI is InChI=1S/C20H25N3O4S/c1-11-21-18-16(17(28-11)12-5-6-15(26-4)14(24)9-12)19(25)22-23(18)13-7-8-27-20(2,3)10-13/h5-6,9,13,17,24H,7-8,10H2,1-4H3,(H,22,25)/t13-,17+/m0/s1. The number of ether oxygens (including phenoxy) is 2. The number of rotatable bonds is 3. The minimum atomic E-state index is -0.236. The monoisotopic (exact) mass is 403 g/mol. The van der Waals surface area contributed by atoms with Gasteiger partial charge in [0.2, 0.25) is 0 Å². The maximum Gasteiger partial charge on any atom is 0.271 e. The van der Waals surface area contributed by atoms with Crippen molar-refractivity contribution >= 4 is 22.6 Å². The summed E-state index contributed by atoms with van der Waals surface area (Å²) in [7, 11) is 1.51. The van der Waals surface area contributed by atoms with Crippen LogP contribution in [0.2, 0.25) is 0 Å². The molecule has 28 heavy (non-hydrogen) atoms. The zero-order chi connectivity index (χ0) is 20.1. The summed E-state index contributed by atoms with van der Waals surface area (Å²) in [4.78, 5) is 17.6. The number of hydrogen-bond acceptors (Lipinski definition) is 6. The Bertz CT molecular complexity index is 992. The van der Waals surface area contributed by atoms with Gasteiger partial charge in [0.15, 0.2) is 17.3 Å². The maximum absolute atomic E-state index is 12.9. The van der Waals surface area contributed by atoms with Crippen molar-refractivity contribution in [2.75, 3.05) is 13.7 Å². The third-order valence-electron chi connectivity index (χ3n) is 5.29. The Hall–Kier alpha value is -2.19. The Labute approximate surface area is 167 Å². The zero-order valence-electron chi connectivity index (χ0n) is 16.5. The summed E-state index contributed by atoms with van der Waals surface area (Å²) in [5.74, 6) is 1.15. The fraction of sp³-hybridized carbons (Fsp3) is 0.500. The topological polar surface area (TPSA) is 88.8 Å². The van der Waals surface area contributed by atoms with Crippen LogP contribution >= 0.6 is 11.8 Å². The number of fused-ring (bicyclic) bond motifs is 1. The van der Waals surface area contributed by atoms with E-state index in [4.69, 9.17) is 14.5 Å². The molecule has 3 heterocycles. The molecule has 0 aliphatic carbocycles. The van der Waals surface area contributed by atoms with E-state index in [2.05, 4.69) is 18.9 Å². The van der Waals surface area contributed by atoms with Crippen LogP contribution in [0.5, 0.6) is 11.5 Å². The minimum absolute atomic E-state index is 0.0596. The van der Waals surface area contributed by atoms with Crippen molar-refractivity contribution < 1.29 is 14.6 Å². The summed E-state index contributed by atoms with van der Waals surface area (Å²) >= 11 is 1.52. The number of benzene rings is 1. The van der Waals surface area contributed by atoms with E-state index in [9.17, 15) is 9.90 Å². The molecule has 150 valence electrons. The Balaban J connectivity index is 1.78. The highest BCUT2D eigenvalue weighted by atomic mass is 32.2. The van der Waals surface area contributed by atoms with Gasteiger partial charge in [0, 0.05) is 6.61 Å². The van der Waals surface area contributed by atoms with Crippen molar-refractivity contribution in [3.05, 3.63) is 39.7 Å². The SMILES string of the molecule is COc1ccc([C@H]2SC(C)=Nc3c2c(=O)[nH]n3[C@H]2CCOC(C)(C)C2)cc1O. The highest BCUT2D eigenvalue weighted by Gasteiger charge is 2.36. The van der Waals surface area contributed by atoms with Crippen LogP contribution in [0.15, 0.2) is 28.0 Å². The third-order valence-corrected chi connectivity index (χ3v) is 6.47. The lowest BCUT2D eigenvalue weighted by Crippen LogP contribution is -2.35. The lowest BCUT2D eigenvalue weighted by molar-refractivity contribution is -0.0705. The van der Waals surface area contributed by atoms with Gasteiger partial charge in [-0.05, 0) is 51.3 Å². The second kappa shape index (κ2) is 7.00. The van der Waals surface area contributed by atoms with Gasteiger partial charge in [0.1, 0.15) is 0 Å². The van der Waals surface area contributed by atoms with Crippen LogP contribution in [-0.2, 0) is 4.74 Å². The van der Waals surface area contributed by atoms with Gasteiger partial charge in [-0.2, -0.15) is 0 Å². The molecular weight excluding hydrogens is 378 g/mol. The molecular formula is C20H25N3O4S. The molecule has 0 spiro atoms. The van der Waals surface area contributed by atoms with Crippen LogP contribution in [0.4, 0.5) is 5.82 Å². The quantitative estimate of drug-likeness (QED) is 0.811. The number of nitrogens with zero attached hydrogens (tertiary/aromatic N) is 2. The first kappa shape index (κ1) is 19.1. The summed E-state index contributed by atoms with van der Waals surface area (Å²) in [6.45, 7) is 6.74. The van der Waals surface area contributed by atoms with Crippen LogP contribution < -0.4 is 10.3 Å². The molecule has 0 bridgehead atoms. The normalized spacial score (nSPS) is 23.8. The number of aromatic amines is 1. The van der Waals surface area contributed by atoms with Gasteiger partial charge in [0.25, 0.3) is 5.56 Å². The van der Waals surface area contributed by atoms with Crippen molar-refractivity contribution in [3.8, 4) is 11.5 Å². The van der Waals surface area contributed by atoms with E-state index in [0.29, 0.717) is 23.7 Å². The van der Waals surface area contributed by atoms with Crippen LogP contribution in [0.1, 0.15) is 56.0 Å². The Morgan fingerprint density at radius 3 is 2.89 bits per heavy atom. The average Bonchev–Trinajstić information content (AvgIpc) is 2.96. The number of aromatic hydroxyl groups is 1. The van der Waals surface area contributed by atoms with Gasteiger partial charge < -0.3 is 14.6 Å². The first-order chi connectivity index (χ1) is 13.3. The van der Waals surface area contributed by atoms with Crippen LogP contribution in [-0.4, -0.2) is 39.2 Å². The highest BCUT2D eigenvalue weighted by Crippen LogP contribution is 2.46. The minimum Gasteiger partial charge on any atom is -0.504 e. The number of phenolic OH excluding ortho intramolecular Hbond substituents is 1. The molecule has 2 atom stereocenters. The largest absolute Gasteiger partial charge is 0.504 e. The number of nitrogens with one attached hydrogen (secondary N) is 1. The smallest absolute Gasteiger partial charge is 0.271 e. The summed E-state index contributed by atoms with van der Waals surface area (Å²) in [5, 5.41) is 13.9. The predicted octanol–water partition coefficient (Wildman–Crippen LogP) is 3.91. The van der Waals surface area contributed by atoms with Gasteiger partial charge >= 0.3 is 0 Å². The van der Waals surface area contributed by atoms with Crippen molar-refractivity contribution in [2.24, 2.45) is 4.99 Å². The molecule has 1 saturated heterocycles. The summed E-state index contributed by atoms with van der Waals surface area (Å²) in [5.41, 5.74) is 1.10. The first-order valence-corrected chi connectivity index (χ1v) is 10.2. The van der Waals surface area contributed by atoms with E-state index in [0.717, 1.165) is 23.4 Å². The lowest BCUT2D eigenvalue weighted by Gasteiger charge is -2.36. The van der Waals surface area contributed by atoms with Gasteiger partial charge in [-0.3, -0.25) is 14.6 Å². The molecule has 1 aromatic carbocycles. The fourth-order valence-electron chi connectivity index (χ4n) is 4.00. The summed E-state index contributed by atoms with van der Waals surface area (Å²) in [6, 6.07) is 5.39. The number of phenols is 1. The van der Waals surface area contributed by atoms with E-state index in [1.54, 1.807) is 12.1 Å². The Morgan fingerprint density at radius 2 is 2.21 bits per heavy atom. The van der Waals surface area contributed by atoms with E-state index >= 15 is 0 Å². The number of aromatic nitrogens is 2. The van der Waals surface area contributed by atoms with Gasteiger partial charge in [0.05, 0.1) is 34.6 Å². The summed E-state index contributed by atoms with van der Waals surface area (Å²) in [6.07, 6.45) is 1.63. The van der Waals surface area contributed by atoms with Crippen molar-refractivity contribution in [2.45, 2.75) is 50.5 Å². The molecule has 0 amide bonds. The van der Waals surface area contributed by atoms with Crippen LogP contribution in [0, 0.1) is 0 Å². The molecule has 0 radical (unpaired) electrons. The maximum atomic E-state index is 12.9. The fourth-order valence-corrected chi connectivity index (χ4v) is 5.09. The average molecular weight is 404 g/mol. The van der Waals surface area contributed by atoms with Gasteiger partial charge in [-0.15, -0.1) is 0 Å². The molecule has 7 nitrogen and oxygen atoms in total. The van der Waals surface area contributed by atoms with E-state index in [1.165, 1.54) is 18.9 Å². The first-order valence-electron chi connectivity index (χ1n) is 9.36. The lowest BCUT2D eigenvalue weighted by atomic mass is 9.94. The number of thioether (sulfide) groups is 1. The molecule has 1 fully saturated rings. The molecule has 1 aromatic heterocycles. The second-order valence-electron chi connectivity index (χ2n) is 7.86. The summed E-state index contributed by atoms with van der Waals surface area (Å²) < 4.78 is 12.9. The van der Waals surface area contributed by atoms with E-state index < -0.39 is 0 Å². The highest BCUT2D eigenvalue weighted by molar-refractivity contribution is 8.14. The molecule has 2 aromatic rings. The van der Waals surface area contributed by atoms with E-state index in [1.807, 2.05) is 17.7 Å². The number of aliphatic imine (C=N–C) groups is 1. The predicted molar refractivity (Wildman–Crippen MR) is 110 cm³/mol. The Morgan fingerprint density at radius 1 is 1.43 bits per heavy atom.